The number of halogens is 3. The van der Waals surface area contributed by atoms with E-state index in [0.717, 1.165) is 12.1 Å². The SMILES string of the molecule is Cc1c(F)cc(-c2ccc([N+](=O)[O-])c(NCc3cc4cccnc4cc3F)n2)cc1F. The summed E-state index contributed by atoms with van der Waals surface area (Å²) in [5, 5.41) is 14.9. The highest BCUT2D eigenvalue weighted by Gasteiger charge is 2.18. The Morgan fingerprint density at radius 3 is 2.48 bits per heavy atom. The van der Waals surface area contributed by atoms with Gasteiger partial charge in [-0.05, 0) is 37.3 Å². The molecule has 0 atom stereocenters. The summed E-state index contributed by atoms with van der Waals surface area (Å²) in [5.41, 5.74) is 0.522. The number of nitrogens with zero attached hydrogens (tertiary/aromatic N) is 3. The first kappa shape index (κ1) is 20.3. The van der Waals surface area contributed by atoms with Crippen molar-refractivity contribution in [3.05, 3.63) is 93.4 Å². The van der Waals surface area contributed by atoms with Crippen molar-refractivity contribution in [1.82, 2.24) is 9.97 Å². The van der Waals surface area contributed by atoms with Crippen molar-refractivity contribution in [2.75, 3.05) is 5.32 Å². The lowest BCUT2D eigenvalue weighted by molar-refractivity contribution is -0.384. The molecule has 2 aromatic heterocycles. The zero-order valence-corrected chi connectivity index (χ0v) is 16.2. The summed E-state index contributed by atoms with van der Waals surface area (Å²) in [6.45, 7) is 1.21. The van der Waals surface area contributed by atoms with Crippen LogP contribution < -0.4 is 5.32 Å². The third-order valence-corrected chi connectivity index (χ3v) is 4.86. The van der Waals surface area contributed by atoms with Crippen molar-refractivity contribution in [2.24, 2.45) is 0 Å². The van der Waals surface area contributed by atoms with Gasteiger partial charge in [0.15, 0.2) is 0 Å². The number of fused-ring (bicyclic) bond motifs is 1. The van der Waals surface area contributed by atoms with Crippen LogP contribution in [0.25, 0.3) is 22.2 Å². The predicted octanol–water partition coefficient (Wildman–Crippen LogP) is 5.54. The standard InChI is InChI=1S/C22H15F3N4O2/c1-12-16(23)8-14(9-17(12)24)19-4-5-21(29(30)31)22(28-19)27-11-15-7-13-3-2-6-26-20(13)10-18(15)25/h2-10H,11H2,1H3,(H,27,28). The molecule has 0 aliphatic rings. The molecule has 2 heterocycles. The van der Waals surface area contributed by atoms with Gasteiger partial charge in [0, 0.05) is 47.0 Å². The largest absolute Gasteiger partial charge is 0.360 e. The van der Waals surface area contributed by atoms with Gasteiger partial charge in [0.25, 0.3) is 0 Å². The van der Waals surface area contributed by atoms with Crippen LogP contribution in [0.4, 0.5) is 24.7 Å². The minimum absolute atomic E-state index is 0.0927. The maximum absolute atomic E-state index is 14.4. The molecule has 0 saturated heterocycles. The van der Waals surface area contributed by atoms with Crippen LogP contribution in [-0.2, 0) is 6.54 Å². The van der Waals surface area contributed by atoms with Gasteiger partial charge in [-0.1, -0.05) is 6.07 Å². The van der Waals surface area contributed by atoms with Gasteiger partial charge in [0.05, 0.1) is 16.1 Å². The highest BCUT2D eigenvalue weighted by Crippen LogP contribution is 2.29. The highest BCUT2D eigenvalue weighted by molar-refractivity contribution is 5.79. The van der Waals surface area contributed by atoms with E-state index in [2.05, 4.69) is 15.3 Å². The van der Waals surface area contributed by atoms with Crippen LogP contribution >= 0.6 is 0 Å². The topological polar surface area (TPSA) is 81.0 Å². The number of hydrogen-bond donors (Lipinski definition) is 1. The molecule has 156 valence electrons. The van der Waals surface area contributed by atoms with E-state index in [-0.39, 0.29) is 40.4 Å². The summed E-state index contributed by atoms with van der Waals surface area (Å²) in [7, 11) is 0. The summed E-state index contributed by atoms with van der Waals surface area (Å²) in [6, 6.07) is 11.0. The van der Waals surface area contributed by atoms with Crippen LogP contribution in [0.5, 0.6) is 0 Å². The van der Waals surface area contributed by atoms with Crippen LogP contribution in [0.2, 0.25) is 0 Å². The molecule has 31 heavy (non-hydrogen) atoms. The lowest BCUT2D eigenvalue weighted by atomic mass is 10.1. The van der Waals surface area contributed by atoms with E-state index in [9.17, 15) is 23.3 Å². The molecule has 1 N–H and O–H groups in total. The third kappa shape index (κ3) is 4.02. The normalized spacial score (nSPS) is 11.0. The summed E-state index contributed by atoms with van der Waals surface area (Å²) >= 11 is 0. The zero-order valence-electron chi connectivity index (χ0n) is 16.2. The van der Waals surface area contributed by atoms with E-state index in [1.165, 1.54) is 25.1 Å². The third-order valence-electron chi connectivity index (χ3n) is 4.86. The van der Waals surface area contributed by atoms with Gasteiger partial charge < -0.3 is 5.32 Å². The molecular weight excluding hydrogens is 409 g/mol. The number of anilines is 1. The van der Waals surface area contributed by atoms with Gasteiger partial charge in [-0.25, -0.2) is 18.2 Å². The second-order valence-electron chi connectivity index (χ2n) is 6.88. The monoisotopic (exact) mass is 424 g/mol. The average Bonchev–Trinajstić information content (AvgIpc) is 2.75. The highest BCUT2D eigenvalue weighted by atomic mass is 19.1. The second-order valence-corrected chi connectivity index (χ2v) is 6.88. The first-order chi connectivity index (χ1) is 14.8. The summed E-state index contributed by atoms with van der Waals surface area (Å²) in [6.07, 6.45) is 1.55. The van der Waals surface area contributed by atoms with Crippen molar-refractivity contribution >= 4 is 22.4 Å². The Bertz CT molecular complexity index is 1300. The van der Waals surface area contributed by atoms with Crippen LogP contribution in [0.15, 0.2) is 54.7 Å². The Morgan fingerprint density at radius 1 is 1.03 bits per heavy atom. The van der Waals surface area contributed by atoms with E-state index in [1.807, 2.05) is 0 Å². The summed E-state index contributed by atoms with van der Waals surface area (Å²) < 4.78 is 42.3. The number of rotatable bonds is 5. The van der Waals surface area contributed by atoms with E-state index in [1.54, 1.807) is 24.4 Å². The number of benzene rings is 2. The average molecular weight is 424 g/mol. The molecule has 0 bridgehead atoms. The van der Waals surface area contributed by atoms with E-state index >= 15 is 0 Å². The van der Waals surface area contributed by atoms with Crippen molar-refractivity contribution in [3.63, 3.8) is 0 Å². The molecule has 0 amide bonds. The quantitative estimate of drug-likeness (QED) is 0.336. The number of nitrogens with one attached hydrogen (secondary N) is 1. The molecule has 0 aliphatic carbocycles. The Balaban J connectivity index is 1.70. The molecule has 2 aromatic carbocycles. The summed E-state index contributed by atoms with van der Waals surface area (Å²) in [5.74, 6) is -2.18. The Hall–Kier alpha value is -4.01. The fraction of sp³-hybridized carbons (Fsp3) is 0.0909. The Morgan fingerprint density at radius 2 is 1.77 bits per heavy atom. The molecule has 0 fully saturated rings. The maximum Gasteiger partial charge on any atom is 0.311 e. The zero-order chi connectivity index (χ0) is 22.1. The van der Waals surface area contributed by atoms with Gasteiger partial charge in [-0.15, -0.1) is 0 Å². The number of aromatic nitrogens is 2. The minimum atomic E-state index is -0.753. The molecule has 0 radical (unpaired) electrons. The van der Waals surface area contributed by atoms with Crippen molar-refractivity contribution < 1.29 is 18.1 Å². The molecule has 0 saturated carbocycles. The number of hydrogen-bond acceptors (Lipinski definition) is 5. The maximum atomic E-state index is 14.4. The molecule has 4 aromatic rings. The van der Waals surface area contributed by atoms with E-state index < -0.39 is 22.4 Å². The lowest BCUT2D eigenvalue weighted by Crippen LogP contribution is -2.07. The van der Waals surface area contributed by atoms with Crippen LogP contribution in [0.3, 0.4) is 0 Å². The lowest BCUT2D eigenvalue weighted by Gasteiger charge is -2.11. The fourth-order valence-corrected chi connectivity index (χ4v) is 3.14. The second kappa shape index (κ2) is 8.02. The van der Waals surface area contributed by atoms with Gasteiger partial charge in [0.1, 0.15) is 17.5 Å². The van der Waals surface area contributed by atoms with Crippen molar-refractivity contribution in [1.29, 1.82) is 0 Å². The molecule has 0 aliphatic heterocycles. The molecule has 0 unspecified atom stereocenters. The Labute approximate surface area is 174 Å². The predicted molar refractivity (Wildman–Crippen MR) is 110 cm³/mol. The van der Waals surface area contributed by atoms with Gasteiger partial charge >= 0.3 is 5.69 Å². The van der Waals surface area contributed by atoms with Gasteiger partial charge in [0.2, 0.25) is 5.82 Å². The number of nitro groups is 1. The van der Waals surface area contributed by atoms with Gasteiger partial charge in [-0.3, -0.25) is 15.1 Å². The smallest absolute Gasteiger partial charge is 0.311 e. The van der Waals surface area contributed by atoms with Crippen molar-refractivity contribution in [2.45, 2.75) is 13.5 Å². The van der Waals surface area contributed by atoms with Crippen LogP contribution in [0, 0.1) is 34.5 Å². The Kier molecular flexibility index (Phi) is 5.24. The van der Waals surface area contributed by atoms with E-state index in [0.29, 0.717) is 10.9 Å². The van der Waals surface area contributed by atoms with Crippen LogP contribution in [0.1, 0.15) is 11.1 Å². The first-order valence-electron chi connectivity index (χ1n) is 9.22. The van der Waals surface area contributed by atoms with Gasteiger partial charge in [-0.2, -0.15) is 0 Å². The van der Waals surface area contributed by atoms with Crippen molar-refractivity contribution in [3.8, 4) is 11.3 Å². The van der Waals surface area contributed by atoms with E-state index in [4.69, 9.17) is 0 Å². The molecular formula is C22H15F3N4O2. The minimum Gasteiger partial charge on any atom is -0.360 e. The molecule has 6 nitrogen and oxygen atoms in total. The molecule has 4 rings (SSSR count). The fourth-order valence-electron chi connectivity index (χ4n) is 3.14. The first-order valence-corrected chi connectivity index (χ1v) is 9.22. The molecule has 0 spiro atoms. The summed E-state index contributed by atoms with van der Waals surface area (Å²) in [4.78, 5) is 19.0. The molecule has 9 heteroatoms. The van der Waals surface area contributed by atoms with Crippen LogP contribution in [-0.4, -0.2) is 14.9 Å². The number of pyridine rings is 2.